The second-order valence-corrected chi connectivity index (χ2v) is 3.23. The van der Waals surface area contributed by atoms with Crippen LogP contribution in [0.2, 0.25) is 0 Å². The predicted molar refractivity (Wildman–Crippen MR) is 60.0 cm³/mol. The molecule has 0 radical (unpaired) electrons. The first kappa shape index (κ1) is 11.4. The molecule has 0 spiro atoms. The number of pyridine rings is 2. The van der Waals surface area contributed by atoms with Gasteiger partial charge in [-0.15, -0.1) is 0 Å². The summed E-state index contributed by atoms with van der Waals surface area (Å²) in [5.74, 6) is 0. The van der Waals surface area contributed by atoms with E-state index in [1.54, 1.807) is 0 Å². The number of aryl methyl sites for hydroxylation is 2. The molecule has 2 aromatic heterocycles. The van der Waals surface area contributed by atoms with E-state index in [-0.39, 0.29) is 7.43 Å². The molecule has 0 aliphatic rings. The Morgan fingerprint density at radius 3 is 1.20 bits per heavy atom. The quantitative estimate of drug-likeness (QED) is 0.668. The molecule has 15 heavy (non-hydrogen) atoms. The highest BCUT2D eigenvalue weighted by molar-refractivity contribution is 4.84. The van der Waals surface area contributed by atoms with Gasteiger partial charge < -0.3 is 0 Å². The monoisotopic (exact) mass is 202 g/mol. The second-order valence-electron chi connectivity index (χ2n) is 3.23. The molecule has 0 atom stereocenters. The molecule has 0 aliphatic carbocycles. The standard InChI is InChI=1S/C12H14N2.CH4/c1-3-7-13(8-4-1)11-12-14-9-5-2-6-10-14;/h1-10H,11-12H2;1H4/q+2;. The third-order valence-corrected chi connectivity index (χ3v) is 2.17. The van der Waals surface area contributed by atoms with E-state index >= 15 is 0 Å². The minimum absolute atomic E-state index is 0. The zero-order chi connectivity index (χ0) is 9.64. The Morgan fingerprint density at radius 1 is 0.533 bits per heavy atom. The van der Waals surface area contributed by atoms with Crippen LogP contribution in [0.3, 0.4) is 0 Å². The lowest BCUT2D eigenvalue weighted by molar-refractivity contribution is -0.778. The maximum atomic E-state index is 2.18. The van der Waals surface area contributed by atoms with Crippen molar-refractivity contribution < 1.29 is 9.13 Å². The van der Waals surface area contributed by atoms with Gasteiger partial charge in [-0.2, -0.15) is 9.13 Å². The number of nitrogens with zero attached hydrogens (tertiary/aromatic N) is 2. The number of hydrogen-bond donors (Lipinski definition) is 0. The zero-order valence-electron chi connectivity index (χ0n) is 8.08. The molecular weight excluding hydrogens is 184 g/mol. The minimum atomic E-state index is 0. The molecule has 0 saturated heterocycles. The van der Waals surface area contributed by atoms with E-state index in [0.29, 0.717) is 0 Å². The summed E-state index contributed by atoms with van der Waals surface area (Å²) in [6.07, 6.45) is 8.35. The summed E-state index contributed by atoms with van der Waals surface area (Å²) in [5.41, 5.74) is 0. The van der Waals surface area contributed by atoms with E-state index in [1.807, 2.05) is 12.1 Å². The van der Waals surface area contributed by atoms with Gasteiger partial charge in [0.15, 0.2) is 24.8 Å². The van der Waals surface area contributed by atoms with Gasteiger partial charge in [-0.05, 0) is 0 Å². The fourth-order valence-corrected chi connectivity index (χ4v) is 1.40. The van der Waals surface area contributed by atoms with Gasteiger partial charge in [0.1, 0.15) is 0 Å². The van der Waals surface area contributed by atoms with E-state index in [2.05, 4.69) is 58.2 Å². The van der Waals surface area contributed by atoms with E-state index < -0.39 is 0 Å². The van der Waals surface area contributed by atoms with E-state index in [9.17, 15) is 0 Å². The summed E-state index contributed by atoms with van der Waals surface area (Å²) in [6.45, 7) is 2.02. The van der Waals surface area contributed by atoms with Crippen LogP contribution in [0.5, 0.6) is 0 Å². The predicted octanol–water partition coefficient (Wildman–Crippen LogP) is 1.60. The van der Waals surface area contributed by atoms with Crippen LogP contribution in [0.15, 0.2) is 61.2 Å². The highest BCUT2D eigenvalue weighted by atomic mass is 15.0. The molecule has 0 aliphatic heterocycles. The molecule has 78 valence electrons. The van der Waals surface area contributed by atoms with Crippen molar-refractivity contribution in [1.29, 1.82) is 0 Å². The maximum absolute atomic E-state index is 2.18. The first-order valence-corrected chi connectivity index (χ1v) is 4.83. The largest absolute Gasteiger partial charge is 0.206 e. The van der Waals surface area contributed by atoms with E-state index in [0.717, 1.165) is 13.1 Å². The lowest BCUT2D eigenvalue weighted by atomic mass is 10.4. The third-order valence-electron chi connectivity index (χ3n) is 2.17. The normalized spacial score (nSPS) is 9.33. The lowest BCUT2D eigenvalue weighted by Gasteiger charge is -1.93. The number of rotatable bonds is 3. The second kappa shape index (κ2) is 5.91. The lowest BCUT2D eigenvalue weighted by Crippen LogP contribution is -2.43. The van der Waals surface area contributed by atoms with Crippen molar-refractivity contribution in [3.63, 3.8) is 0 Å². The summed E-state index contributed by atoms with van der Waals surface area (Å²) in [4.78, 5) is 0. The summed E-state index contributed by atoms with van der Waals surface area (Å²) >= 11 is 0. The summed E-state index contributed by atoms with van der Waals surface area (Å²) < 4.78 is 4.36. The Bertz CT molecular complexity index is 331. The first-order valence-electron chi connectivity index (χ1n) is 4.83. The Hall–Kier alpha value is -1.70. The van der Waals surface area contributed by atoms with Gasteiger partial charge in [-0.1, -0.05) is 19.6 Å². The smallest absolute Gasteiger partial charge is 0.198 e. The van der Waals surface area contributed by atoms with Crippen LogP contribution in [-0.4, -0.2) is 0 Å². The van der Waals surface area contributed by atoms with Crippen LogP contribution in [-0.2, 0) is 13.1 Å². The molecule has 0 saturated carbocycles. The molecule has 0 unspecified atom stereocenters. The fourth-order valence-electron chi connectivity index (χ4n) is 1.40. The molecule has 2 aromatic rings. The molecule has 2 heterocycles. The Kier molecular flexibility index (Phi) is 4.48. The Labute approximate surface area is 91.4 Å². The molecule has 0 fully saturated rings. The molecule has 0 aromatic carbocycles. The Balaban J connectivity index is 0.00000112. The van der Waals surface area contributed by atoms with Crippen LogP contribution in [0.1, 0.15) is 7.43 Å². The van der Waals surface area contributed by atoms with Crippen LogP contribution >= 0.6 is 0 Å². The van der Waals surface area contributed by atoms with Crippen molar-refractivity contribution in [2.24, 2.45) is 0 Å². The zero-order valence-corrected chi connectivity index (χ0v) is 8.08. The van der Waals surface area contributed by atoms with Gasteiger partial charge in [0, 0.05) is 24.3 Å². The van der Waals surface area contributed by atoms with Crippen LogP contribution in [0, 0.1) is 0 Å². The first-order chi connectivity index (χ1) is 6.95. The van der Waals surface area contributed by atoms with Gasteiger partial charge in [-0.25, -0.2) is 0 Å². The van der Waals surface area contributed by atoms with Gasteiger partial charge in [0.05, 0.1) is 0 Å². The molecule has 2 rings (SSSR count). The molecule has 0 N–H and O–H groups in total. The van der Waals surface area contributed by atoms with E-state index in [4.69, 9.17) is 0 Å². The molecular formula is C13H18N2+2. The molecule has 0 amide bonds. The van der Waals surface area contributed by atoms with Crippen molar-refractivity contribution in [3.05, 3.63) is 61.2 Å². The van der Waals surface area contributed by atoms with Crippen molar-refractivity contribution >= 4 is 0 Å². The van der Waals surface area contributed by atoms with E-state index in [1.165, 1.54) is 0 Å². The third kappa shape index (κ3) is 3.50. The van der Waals surface area contributed by atoms with Gasteiger partial charge in [0.25, 0.3) is 0 Å². The van der Waals surface area contributed by atoms with Gasteiger partial charge in [0.2, 0.25) is 13.1 Å². The van der Waals surface area contributed by atoms with Crippen molar-refractivity contribution in [3.8, 4) is 0 Å². The van der Waals surface area contributed by atoms with Crippen LogP contribution in [0.4, 0.5) is 0 Å². The highest BCUT2D eigenvalue weighted by Crippen LogP contribution is 1.79. The van der Waals surface area contributed by atoms with Crippen molar-refractivity contribution in [2.45, 2.75) is 20.5 Å². The number of aromatic nitrogens is 2. The minimum Gasteiger partial charge on any atom is -0.198 e. The van der Waals surface area contributed by atoms with Crippen molar-refractivity contribution in [2.75, 3.05) is 0 Å². The molecule has 0 bridgehead atoms. The summed E-state index contributed by atoms with van der Waals surface area (Å²) in [5, 5.41) is 0. The fraction of sp³-hybridized carbons (Fsp3) is 0.231. The average molecular weight is 202 g/mol. The van der Waals surface area contributed by atoms with Crippen molar-refractivity contribution in [1.82, 2.24) is 0 Å². The van der Waals surface area contributed by atoms with Crippen LogP contribution < -0.4 is 9.13 Å². The average Bonchev–Trinajstić information content (AvgIpc) is 2.29. The SMILES string of the molecule is C.c1cc[n+](CC[n+]2ccccc2)cc1. The van der Waals surface area contributed by atoms with Crippen LogP contribution in [0.25, 0.3) is 0 Å². The topological polar surface area (TPSA) is 7.76 Å². The molecule has 2 nitrogen and oxygen atoms in total. The highest BCUT2D eigenvalue weighted by Gasteiger charge is 2.02. The maximum Gasteiger partial charge on any atom is 0.206 e. The van der Waals surface area contributed by atoms with Gasteiger partial charge >= 0.3 is 0 Å². The van der Waals surface area contributed by atoms with Gasteiger partial charge in [-0.3, -0.25) is 0 Å². The number of hydrogen-bond acceptors (Lipinski definition) is 0. The summed E-state index contributed by atoms with van der Waals surface area (Å²) in [7, 11) is 0. The Morgan fingerprint density at radius 2 is 0.867 bits per heavy atom. The summed E-state index contributed by atoms with van der Waals surface area (Å²) in [6, 6.07) is 12.3. The molecule has 2 heteroatoms.